The number of nitrogens with one attached hydrogen (secondary N) is 3. The molecule has 1 heterocycles. The molecule has 1 aliphatic rings. The van der Waals surface area contributed by atoms with Gasteiger partial charge in [-0.1, -0.05) is 12.1 Å². The molecule has 0 spiro atoms. The van der Waals surface area contributed by atoms with Gasteiger partial charge in [0, 0.05) is 32.2 Å². The van der Waals surface area contributed by atoms with Crippen molar-refractivity contribution in [3.63, 3.8) is 0 Å². The Kier molecular flexibility index (Phi) is 12.3. The number of hydrogen-bond acceptors (Lipinski definition) is 11. The third-order valence-electron chi connectivity index (χ3n) is 5.27. The van der Waals surface area contributed by atoms with Crippen molar-refractivity contribution in [3.8, 4) is 0 Å². The third-order valence-corrected chi connectivity index (χ3v) is 6.18. The third kappa shape index (κ3) is 9.79. The highest BCUT2D eigenvalue weighted by molar-refractivity contribution is 9.10. The molecule has 1 amide bonds. The van der Waals surface area contributed by atoms with Crippen molar-refractivity contribution in [1.82, 2.24) is 10.6 Å². The fraction of sp³-hybridized carbons (Fsp3) is 0.440. The van der Waals surface area contributed by atoms with Crippen LogP contribution in [0.15, 0.2) is 40.6 Å². The van der Waals surface area contributed by atoms with Crippen molar-refractivity contribution in [2.45, 2.75) is 58.1 Å². The number of halogens is 1. The minimum absolute atomic E-state index is 0.105. The highest BCUT2D eigenvalue weighted by atomic mass is 79.9. The summed E-state index contributed by atoms with van der Waals surface area (Å²) < 4.78 is 27.3. The molecule has 5 atom stereocenters. The lowest BCUT2D eigenvalue weighted by atomic mass is 9.91. The zero-order valence-corrected chi connectivity index (χ0v) is 24.8. The molecule has 40 heavy (non-hydrogen) atoms. The number of anilines is 1. The van der Waals surface area contributed by atoms with E-state index in [4.69, 9.17) is 35.9 Å². The normalized spacial score (nSPS) is 19.4. The summed E-state index contributed by atoms with van der Waals surface area (Å²) in [5.74, 6) is -3.97. The van der Waals surface area contributed by atoms with Crippen LogP contribution in [0.2, 0.25) is 0 Å². The first-order valence-corrected chi connectivity index (χ1v) is 13.1. The van der Waals surface area contributed by atoms with Crippen molar-refractivity contribution in [2.24, 2.45) is 0 Å². The molecule has 0 aliphatic carbocycles. The van der Waals surface area contributed by atoms with Crippen LogP contribution in [0.4, 0.5) is 5.69 Å². The first kappa shape index (κ1) is 32.5. The van der Waals surface area contributed by atoms with Crippen molar-refractivity contribution in [3.05, 3.63) is 40.6 Å². The van der Waals surface area contributed by atoms with Crippen LogP contribution in [0, 0.1) is 0 Å². The van der Waals surface area contributed by atoms with E-state index in [-0.39, 0.29) is 10.9 Å². The van der Waals surface area contributed by atoms with Crippen molar-refractivity contribution < 1.29 is 47.7 Å². The molecule has 1 aromatic rings. The molecule has 0 radical (unpaired) electrons. The SMILES string of the molecule is COC(=O)C1=C[C@H](NC(=S)Nc2ccccc2Br)[C@@H](NC(C)=O)[C@H]([C@H](OC(C)=O)[C@@H](COC(C)=O)OC(C)=O)O1. The van der Waals surface area contributed by atoms with Crippen molar-refractivity contribution >= 4 is 68.7 Å². The van der Waals surface area contributed by atoms with Crippen LogP contribution in [-0.2, 0) is 47.7 Å². The lowest BCUT2D eigenvalue weighted by Crippen LogP contribution is -2.64. The Hall–Kier alpha value is -3.72. The van der Waals surface area contributed by atoms with E-state index >= 15 is 0 Å². The number of carbonyl (C=O) groups excluding carboxylic acids is 5. The molecule has 0 fully saturated rings. The van der Waals surface area contributed by atoms with Gasteiger partial charge in [-0.25, -0.2) is 4.79 Å². The van der Waals surface area contributed by atoms with Gasteiger partial charge >= 0.3 is 23.9 Å². The molecule has 1 aromatic carbocycles. The van der Waals surface area contributed by atoms with E-state index < -0.39 is 66.8 Å². The predicted octanol–water partition coefficient (Wildman–Crippen LogP) is 1.49. The topological polar surface area (TPSA) is 168 Å². The fourth-order valence-electron chi connectivity index (χ4n) is 3.78. The number of ether oxygens (including phenoxy) is 5. The summed E-state index contributed by atoms with van der Waals surface area (Å²) in [6, 6.07) is 5.16. The van der Waals surface area contributed by atoms with Crippen LogP contribution in [0.1, 0.15) is 27.7 Å². The number of para-hydroxylation sites is 1. The van der Waals surface area contributed by atoms with Gasteiger partial charge in [-0.2, -0.15) is 0 Å². The molecule has 2 rings (SSSR count). The van der Waals surface area contributed by atoms with E-state index in [1.54, 1.807) is 18.2 Å². The zero-order valence-electron chi connectivity index (χ0n) is 22.3. The fourth-order valence-corrected chi connectivity index (χ4v) is 4.41. The molecule has 1 aliphatic heterocycles. The molecular formula is C25H30BrN3O10S. The molecule has 13 nitrogen and oxygen atoms in total. The van der Waals surface area contributed by atoms with Gasteiger partial charge in [0.05, 0.1) is 24.9 Å². The van der Waals surface area contributed by atoms with E-state index in [9.17, 15) is 24.0 Å². The van der Waals surface area contributed by atoms with Crippen LogP contribution >= 0.6 is 28.1 Å². The van der Waals surface area contributed by atoms with Gasteiger partial charge in [0.2, 0.25) is 11.7 Å². The smallest absolute Gasteiger partial charge is 0.373 e. The van der Waals surface area contributed by atoms with Crippen LogP contribution in [0.5, 0.6) is 0 Å². The Labute approximate surface area is 244 Å². The van der Waals surface area contributed by atoms with Gasteiger partial charge in [0.25, 0.3) is 0 Å². The van der Waals surface area contributed by atoms with Gasteiger partial charge < -0.3 is 39.6 Å². The summed E-state index contributed by atoms with van der Waals surface area (Å²) >= 11 is 8.89. The highest BCUT2D eigenvalue weighted by Gasteiger charge is 2.48. The van der Waals surface area contributed by atoms with Crippen molar-refractivity contribution in [1.29, 1.82) is 0 Å². The number of hydrogen-bond donors (Lipinski definition) is 3. The Morgan fingerprint density at radius 2 is 1.65 bits per heavy atom. The second-order valence-corrected chi connectivity index (χ2v) is 9.72. The Balaban J connectivity index is 2.56. The lowest BCUT2D eigenvalue weighted by Gasteiger charge is -2.42. The molecule has 0 bridgehead atoms. The standard InChI is InChI=1S/C25H30BrN3O10S/c1-12(30)27-21-18(29-25(40)28-17-9-7-6-8-16(17)26)10-19(24(34)35-5)39-23(21)22(38-15(4)33)20(37-14(3)32)11-36-13(2)31/h6-10,18,20-23H,11H2,1-5H3,(H,27,30)(H2,28,29,40)/t18-,20+,21+,22+,23+/m0/s1. The minimum atomic E-state index is -1.47. The van der Waals surface area contributed by atoms with Gasteiger partial charge in [0.1, 0.15) is 6.61 Å². The maximum atomic E-state index is 12.6. The number of thiocarbonyl (C=S) groups is 1. The molecule has 218 valence electrons. The molecule has 15 heteroatoms. The van der Waals surface area contributed by atoms with Gasteiger partial charge in [-0.15, -0.1) is 0 Å². The molecule has 0 saturated heterocycles. The van der Waals surface area contributed by atoms with Crippen molar-refractivity contribution in [2.75, 3.05) is 19.0 Å². The number of benzene rings is 1. The second-order valence-electron chi connectivity index (χ2n) is 8.46. The van der Waals surface area contributed by atoms with Crippen LogP contribution in [0.25, 0.3) is 0 Å². The zero-order chi connectivity index (χ0) is 30.0. The average Bonchev–Trinajstić information content (AvgIpc) is 2.86. The van der Waals surface area contributed by atoms with E-state index in [2.05, 4.69) is 31.9 Å². The number of rotatable bonds is 10. The first-order valence-electron chi connectivity index (χ1n) is 11.9. The quantitative estimate of drug-likeness (QED) is 0.191. The summed E-state index contributed by atoms with van der Waals surface area (Å²) in [6.45, 7) is 4.07. The first-order chi connectivity index (χ1) is 18.8. The molecule has 0 unspecified atom stereocenters. The number of carbonyl (C=O) groups is 5. The summed E-state index contributed by atoms with van der Waals surface area (Å²) in [6.07, 6.45) is -2.88. The monoisotopic (exact) mass is 643 g/mol. The maximum Gasteiger partial charge on any atom is 0.373 e. The maximum absolute atomic E-state index is 12.6. The van der Waals surface area contributed by atoms with E-state index in [1.165, 1.54) is 13.0 Å². The Morgan fingerprint density at radius 3 is 2.20 bits per heavy atom. The summed E-state index contributed by atoms with van der Waals surface area (Å²) in [4.78, 5) is 60.4. The Morgan fingerprint density at radius 1 is 1.00 bits per heavy atom. The average molecular weight is 644 g/mol. The predicted molar refractivity (Wildman–Crippen MR) is 148 cm³/mol. The molecule has 0 aromatic heterocycles. The van der Waals surface area contributed by atoms with E-state index in [1.807, 2.05) is 6.07 Å². The van der Waals surface area contributed by atoms with Crippen LogP contribution in [0.3, 0.4) is 0 Å². The van der Waals surface area contributed by atoms with Gasteiger partial charge in [0.15, 0.2) is 23.4 Å². The molecule has 0 saturated carbocycles. The number of methoxy groups -OCH3 is 1. The largest absolute Gasteiger partial charge is 0.477 e. The summed E-state index contributed by atoms with van der Waals surface area (Å²) in [7, 11) is 1.13. The number of amides is 1. The van der Waals surface area contributed by atoms with Gasteiger partial charge in [-0.3, -0.25) is 19.2 Å². The van der Waals surface area contributed by atoms with E-state index in [0.29, 0.717) is 5.69 Å². The Bertz CT molecular complexity index is 1180. The lowest BCUT2D eigenvalue weighted by molar-refractivity contribution is -0.188. The minimum Gasteiger partial charge on any atom is -0.477 e. The van der Waals surface area contributed by atoms with E-state index in [0.717, 1.165) is 32.4 Å². The second kappa shape index (κ2) is 15.2. The summed E-state index contributed by atoms with van der Waals surface area (Å²) in [5, 5.41) is 8.84. The van der Waals surface area contributed by atoms with Crippen LogP contribution < -0.4 is 16.0 Å². The summed E-state index contributed by atoms with van der Waals surface area (Å²) in [5.41, 5.74) is 0.631. The van der Waals surface area contributed by atoms with Gasteiger partial charge in [-0.05, 0) is 46.4 Å². The molecular weight excluding hydrogens is 614 g/mol. The van der Waals surface area contributed by atoms with Crippen LogP contribution in [-0.4, -0.2) is 79.0 Å². The highest BCUT2D eigenvalue weighted by Crippen LogP contribution is 2.27. The molecule has 3 N–H and O–H groups in total. The number of esters is 4.